The van der Waals surface area contributed by atoms with Crippen LogP contribution < -0.4 is 5.32 Å². The second-order valence-electron chi connectivity index (χ2n) is 6.58. The van der Waals surface area contributed by atoms with Crippen LogP contribution in [0.1, 0.15) is 5.69 Å². The number of likely N-dealkylation sites (N-methyl/N-ethyl adjacent to an activating group) is 1. The molecular weight excluding hydrogens is 464 g/mol. The molecule has 0 atom stereocenters. The molecule has 3 aromatic heterocycles. The maximum Gasteiger partial charge on any atom is 0.252 e. The zero-order chi connectivity index (χ0) is 21.5. The van der Waals surface area contributed by atoms with Crippen LogP contribution in [0.5, 0.6) is 0 Å². The Balaban J connectivity index is 1.48. The minimum atomic E-state index is -3.78. The summed E-state index contributed by atoms with van der Waals surface area (Å²) >= 11 is 8.06. The van der Waals surface area contributed by atoms with Gasteiger partial charge in [0, 0.05) is 34.6 Å². The molecule has 0 aliphatic rings. The van der Waals surface area contributed by atoms with E-state index in [-0.39, 0.29) is 10.8 Å². The van der Waals surface area contributed by atoms with Gasteiger partial charge in [-0.2, -0.15) is 4.31 Å². The number of rotatable bonds is 6. The van der Waals surface area contributed by atoms with Crippen molar-refractivity contribution in [3.05, 3.63) is 51.8 Å². The van der Waals surface area contributed by atoms with Crippen molar-refractivity contribution in [2.24, 2.45) is 0 Å². The first-order chi connectivity index (χ1) is 14.3. The summed E-state index contributed by atoms with van der Waals surface area (Å²) in [5, 5.41) is 6.01. The van der Waals surface area contributed by atoms with E-state index in [2.05, 4.69) is 15.3 Å². The third-order valence-corrected chi connectivity index (χ3v) is 8.74. The number of nitrogens with zero attached hydrogens (tertiary/aromatic N) is 2. The number of sulfonamides is 1. The summed E-state index contributed by atoms with van der Waals surface area (Å²) in [6.07, 6.45) is 0. The fourth-order valence-electron chi connectivity index (χ4n) is 3.09. The third-order valence-electron chi connectivity index (χ3n) is 4.48. The van der Waals surface area contributed by atoms with Crippen LogP contribution in [-0.2, 0) is 14.8 Å². The zero-order valence-corrected chi connectivity index (χ0v) is 19.2. The Morgan fingerprint density at radius 3 is 2.77 bits per heavy atom. The Kier molecular flexibility index (Phi) is 5.69. The van der Waals surface area contributed by atoms with Crippen molar-refractivity contribution in [3.8, 4) is 11.3 Å². The topological polar surface area (TPSA) is 95.2 Å². The summed E-state index contributed by atoms with van der Waals surface area (Å²) in [6, 6.07) is 10.9. The second kappa shape index (κ2) is 8.12. The third kappa shape index (κ3) is 4.01. The first kappa shape index (κ1) is 21.0. The minimum absolute atomic E-state index is 0.0918. The first-order valence-corrected chi connectivity index (χ1v) is 12.3. The number of aromatic amines is 1. The number of hydrogen-bond donors (Lipinski definition) is 2. The van der Waals surface area contributed by atoms with Crippen LogP contribution in [-0.4, -0.2) is 42.2 Å². The largest absolute Gasteiger partial charge is 0.358 e. The van der Waals surface area contributed by atoms with Crippen molar-refractivity contribution < 1.29 is 13.2 Å². The number of thiazole rings is 1. The number of thiophene rings is 1. The van der Waals surface area contributed by atoms with E-state index < -0.39 is 15.9 Å². The lowest BCUT2D eigenvalue weighted by Gasteiger charge is -2.15. The molecule has 7 nitrogen and oxygen atoms in total. The number of para-hydroxylation sites is 1. The maximum absolute atomic E-state index is 12.5. The normalized spacial score (nSPS) is 12.0. The van der Waals surface area contributed by atoms with Crippen molar-refractivity contribution in [1.82, 2.24) is 14.3 Å². The highest BCUT2D eigenvalue weighted by Crippen LogP contribution is 2.34. The summed E-state index contributed by atoms with van der Waals surface area (Å²) in [4.78, 5) is 20.3. The Morgan fingerprint density at radius 1 is 1.27 bits per heavy atom. The van der Waals surface area contributed by atoms with E-state index in [9.17, 15) is 13.2 Å². The van der Waals surface area contributed by atoms with Gasteiger partial charge in [-0.1, -0.05) is 29.8 Å². The van der Waals surface area contributed by atoms with Gasteiger partial charge < -0.3 is 10.3 Å². The van der Waals surface area contributed by atoms with Gasteiger partial charge in [-0.05, 0) is 25.1 Å². The molecule has 0 unspecified atom stereocenters. The maximum atomic E-state index is 12.5. The molecule has 3 heterocycles. The number of amides is 1. The molecule has 30 heavy (non-hydrogen) atoms. The minimum Gasteiger partial charge on any atom is -0.358 e. The molecule has 0 bridgehead atoms. The molecule has 0 saturated heterocycles. The molecule has 0 radical (unpaired) electrons. The van der Waals surface area contributed by atoms with Gasteiger partial charge in [-0.25, -0.2) is 13.4 Å². The average Bonchev–Trinajstić information content (AvgIpc) is 3.39. The Labute approximate surface area is 186 Å². The summed E-state index contributed by atoms with van der Waals surface area (Å²) < 4.78 is 26.5. The molecule has 2 N–H and O–H groups in total. The number of carbonyl (C=O) groups excluding carboxylic acids is 1. The summed E-state index contributed by atoms with van der Waals surface area (Å²) in [6.45, 7) is 1.64. The molecule has 4 aromatic rings. The molecule has 0 fully saturated rings. The molecule has 0 aliphatic heterocycles. The van der Waals surface area contributed by atoms with Gasteiger partial charge in [0.15, 0.2) is 5.13 Å². The number of carbonyl (C=O) groups is 1. The van der Waals surface area contributed by atoms with Crippen molar-refractivity contribution in [2.45, 2.75) is 11.1 Å². The van der Waals surface area contributed by atoms with E-state index in [0.717, 1.165) is 43.5 Å². The number of fused-ring (bicyclic) bond motifs is 1. The van der Waals surface area contributed by atoms with E-state index >= 15 is 0 Å². The van der Waals surface area contributed by atoms with Crippen LogP contribution in [0, 0.1) is 6.92 Å². The van der Waals surface area contributed by atoms with E-state index in [4.69, 9.17) is 11.6 Å². The fourth-order valence-corrected chi connectivity index (χ4v) is 6.63. The lowest BCUT2D eigenvalue weighted by molar-refractivity contribution is -0.116. The van der Waals surface area contributed by atoms with E-state index in [1.807, 2.05) is 36.6 Å². The summed E-state index contributed by atoms with van der Waals surface area (Å²) in [7, 11) is -2.43. The van der Waals surface area contributed by atoms with Gasteiger partial charge in [0.05, 0.1) is 16.6 Å². The van der Waals surface area contributed by atoms with Gasteiger partial charge in [-0.15, -0.1) is 22.7 Å². The molecular formula is C19H17ClN4O3S3. The quantitative estimate of drug-likeness (QED) is 0.422. The van der Waals surface area contributed by atoms with Crippen molar-refractivity contribution in [1.29, 1.82) is 0 Å². The molecule has 1 amide bonds. The number of hydrogen-bond acceptors (Lipinski definition) is 6. The highest BCUT2D eigenvalue weighted by atomic mass is 35.5. The number of H-pyrrole nitrogens is 1. The average molecular weight is 481 g/mol. The van der Waals surface area contributed by atoms with Gasteiger partial charge in [0.1, 0.15) is 4.21 Å². The van der Waals surface area contributed by atoms with Crippen LogP contribution >= 0.6 is 34.3 Å². The smallest absolute Gasteiger partial charge is 0.252 e. The number of anilines is 1. The predicted octanol–water partition coefficient (Wildman–Crippen LogP) is 4.57. The molecule has 0 aliphatic carbocycles. The predicted molar refractivity (Wildman–Crippen MR) is 122 cm³/mol. The molecule has 156 valence electrons. The molecule has 4 rings (SSSR count). The van der Waals surface area contributed by atoms with Crippen molar-refractivity contribution >= 4 is 66.2 Å². The summed E-state index contributed by atoms with van der Waals surface area (Å²) in [5.74, 6) is -0.472. The Hall–Kier alpha value is -2.24. The highest BCUT2D eigenvalue weighted by molar-refractivity contribution is 7.91. The fraction of sp³-hybridized carbons (Fsp3) is 0.158. The van der Waals surface area contributed by atoms with Gasteiger partial charge >= 0.3 is 0 Å². The zero-order valence-electron chi connectivity index (χ0n) is 16.0. The van der Waals surface area contributed by atoms with E-state index in [1.54, 1.807) is 0 Å². The van der Waals surface area contributed by atoms with Crippen LogP contribution in [0.2, 0.25) is 4.34 Å². The Bertz CT molecular complexity index is 1340. The molecule has 0 saturated carbocycles. The number of aromatic nitrogens is 2. The standard InChI is InChI=1S/C19H17ClN4O3S3/c1-11-18(12-5-3-4-6-13(12)21-11)14-10-28-19(22-14)23-16(25)9-24(2)30(26,27)17-8-7-15(20)29-17/h3-8,10,21H,9H2,1-2H3,(H,22,23,25). The van der Waals surface area contributed by atoms with Crippen LogP contribution in [0.25, 0.3) is 22.2 Å². The first-order valence-electron chi connectivity index (χ1n) is 8.80. The molecule has 0 spiro atoms. The lowest BCUT2D eigenvalue weighted by Crippen LogP contribution is -2.34. The number of nitrogens with one attached hydrogen (secondary N) is 2. The number of halogens is 1. The summed E-state index contributed by atoms with van der Waals surface area (Å²) in [5.41, 5.74) is 3.74. The van der Waals surface area contributed by atoms with Crippen molar-refractivity contribution in [2.75, 3.05) is 18.9 Å². The van der Waals surface area contributed by atoms with Crippen LogP contribution in [0.4, 0.5) is 5.13 Å². The number of aryl methyl sites for hydroxylation is 1. The second-order valence-corrected chi connectivity index (χ2v) is 11.4. The van der Waals surface area contributed by atoms with Gasteiger partial charge in [0.25, 0.3) is 10.0 Å². The lowest BCUT2D eigenvalue weighted by atomic mass is 10.1. The van der Waals surface area contributed by atoms with Gasteiger partial charge in [-0.3, -0.25) is 4.79 Å². The number of benzene rings is 1. The van der Waals surface area contributed by atoms with Crippen LogP contribution in [0.15, 0.2) is 46.0 Å². The van der Waals surface area contributed by atoms with Gasteiger partial charge in [0.2, 0.25) is 5.91 Å². The van der Waals surface area contributed by atoms with Crippen molar-refractivity contribution in [3.63, 3.8) is 0 Å². The SMILES string of the molecule is Cc1[nH]c2ccccc2c1-c1csc(NC(=O)CN(C)S(=O)(=O)c2ccc(Cl)s2)n1. The molecule has 11 heteroatoms. The highest BCUT2D eigenvalue weighted by Gasteiger charge is 2.25. The Morgan fingerprint density at radius 2 is 2.03 bits per heavy atom. The van der Waals surface area contributed by atoms with E-state index in [0.29, 0.717) is 9.47 Å². The monoisotopic (exact) mass is 480 g/mol. The molecule has 1 aromatic carbocycles. The van der Waals surface area contributed by atoms with Crippen LogP contribution in [0.3, 0.4) is 0 Å². The van der Waals surface area contributed by atoms with E-state index in [1.165, 1.54) is 30.5 Å².